The number of hydrogen-bond acceptors (Lipinski definition) is 2. The van der Waals surface area contributed by atoms with Crippen molar-refractivity contribution in [3.63, 3.8) is 0 Å². The first kappa shape index (κ1) is 15.4. The summed E-state index contributed by atoms with van der Waals surface area (Å²) in [7, 11) is 0. The third-order valence-corrected chi connectivity index (χ3v) is 4.09. The molecule has 0 aromatic heterocycles. The Balaban J connectivity index is 2.09. The molecule has 0 aliphatic carbocycles. The number of hydrogen-bond donors (Lipinski definition) is 1. The van der Waals surface area contributed by atoms with Crippen LogP contribution in [0.2, 0.25) is 5.02 Å². The summed E-state index contributed by atoms with van der Waals surface area (Å²) in [5.74, 6) is -0.223. The molecule has 0 atom stereocenters. The maximum atomic E-state index is 13.1. The van der Waals surface area contributed by atoms with Crippen LogP contribution in [0.4, 0.5) is 4.39 Å². The van der Waals surface area contributed by atoms with E-state index >= 15 is 0 Å². The second-order valence-corrected chi connectivity index (χ2v) is 6.40. The minimum atomic E-state index is -0.223. The zero-order chi connectivity index (χ0) is 14.5. The normalized spacial score (nSPS) is 11.1. The van der Waals surface area contributed by atoms with E-state index < -0.39 is 0 Å². The van der Waals surface area contributed by atoms with Crippen molar-refractivity contribution in [2.75, 3.05) is 0 Å². The van der Waals surface area contributed by atoms with Gasteiger partial charge in [-0.05, 0) is 35.9 Å². The molecule has 2 aromatic rings. The summed E-state index contributed by atoms with van der Waals surface area (Å²) in [6.07, 6.45) is 0. The molecule has 106 valence electrons. The molecule has 0 unspecified atom stereocenters. The Morgan fingerprint density at radius 2 is 1.90 bits per heavy atom. The highest BCUT2D eigenvalue weighted by atomic mass is 35.5. The summed E-state index contributed by atoms with van der Waals surface area (Å²) in [6.45, 7) is 4.95. The van der Waals surface area contributed by atoms with Crippen LogP contribution in [0.1, 0.15) is 19.4 Å². The Morgan fingerprint density at radius 3 is 2.55 bits per heavy atom. The Bertz CT molecular complexity index is 586. The molecule has 0 aliphatic heterocycles. The van der Waals surface area contributed by atoms with Gasteiger partial charge in [-0.2, -0.15) is 0 Å². The van der Waals surface area contributed by atoms with E-state index in [0.29, 0.717) is 6.04 Å². The molecule has 0 amide bonds. The van der Waals surface area contributed by atoms with E-state index in [1.807, 2.05) is 24.3 Å². The van der Waals surface area contributed by atoms with Crippen LogP contribution in [0.25, 0.3) is 0 Å². The first-order valence-electron chi connectivity index (χ1n) is 6.50. The van der Waals surface area contributed by atoms with Crippen LogP contribution in [-0.2, 0) is 6.54 Å². The molecular weight excluding hydrogens is 293 g/mol. The molecule has 4 heteroatoms. The van der Waals surface area contributed by atoms with Crippen molar-refractivity contribution in [2.45, 2.75) is 36.2 Å². The summed E-state index contributed by atoms with van der Waals surface area (Å²) >= 11 is 7.79. The van der Waals surface area contributed by atoms with Crippen molar-refractivity contribution in [3.05, 3.63) is 58.9 Å². The number of halogens is 2. The quantitative estimate of drug-likeness (QED) is 0.822. The van der Waals surface area contributed by atoms with E-state index in [1.54, 1.807) is 6.07 Å². The van der Waals surface area contributed by atoms with Gasteiger partial charge < -0.3 is 5.32 Å². The van der Waals surface area contributed by atoms with Crippen LogP contribution in [-0.4, -0.2) is 6.04 Å². The van der Waals surface area contributed by atoms with Gasteiger partial charge in [-0.3, -0.25) is 0 Å². The largest absolute Gasteiger partial charge is 0.310 e. The van der Waals surface area contributed by atoms with Gasteiger partial charge in [0.1, 0.15) is 5.82 Å². The first-order chi connectivity index (χ1) is 9.54. The van der Waals surface area contributed by atoms with Gasteiger partial charge >= 0.3 is 0 Å². The third kappa shape index (κ3) is 4.51. The predicted octanol–water partition coefficient (Wildman–Crippen LogP) is 5.13. The van der Waals surface area contributed by atoms with Gasteiger partial charge in [-0.15, -0.1) is 0 Å². The Morgan fingerprint density at radius 1 is 1.15 bits per heavy atom. The first-order valence-corrected chi connectivity index (χ1v) is 7.69. The van der Waals surface area contributed by atoms with Crippen molar-refractivity contribution >= 4 is 23.4 Å². The highest BCUT2D eigenvalue weighted by molar-refractivity contribution is 7.99. The molecule has 0 aliphatic rings. The van der Waals surface area contributed by atoms with Crippen LogP contribution in [0.3, 0.4) is 0 Å². The molecule has 0 saturated heterocycles. The van der Waals surface area contributed by atoms with Crippen LogP contribution in [0.15, 0.2) is 52.3 Å². The van der Waals surface area contributed by atoms with Gasteiger partial charge in [0.15, 0.2) is 0 Å². The average molecular weight is 310 g/mol. The van der Waals surface area contributed by atoms with E-state index in [-0.39, 0.29) is 5.82 Å². The summed E-state index contributed by atoms with van der Waals surface area (Å²) in [6, 6.07) is 12.9. The summed E-state index contributed by atoms with van der Waals surface area (Å²) < 4.78 is 13.1. The maximum absolute atomic E-state index is 13.1. The molecule has 2 aromatic carbocycles. The molecule has 20 heavy (non-hydrogen) atoms. The zero-order valence-electron chi connectivity index (χ0n) is 11.5. The van der Waals surface area contributed by atoms with Gasteiger partial charge in [0.05, 0.1) is 0 Å². The van der Waals surface area contributed by atoms with Crippen molar-refractivity contribution in [2.24, 2.45) is 0 Å². The molecule has 0 heterocycles. The molecule has 0 spiro atoms. The highest BCUT2D eigenvalue weighted by Crippen LogP contribution is 2.31. The van der Waals surface area contributed by atoms with Gasteiger partial charge in [-0.25, -0.2) is 4.39 Å². The molecular formula is C16H17ClFNS. The number of benzene rings is 2. The molecule has 2 rings (SSSR count). The number of rotatable bonds is 5. The Hall–Kier alpha value is -1.03. The topological polar surface area (TPSA) is 12.0 Å². The van der Waals surface area contributed by atoms with E-state index in [9.17, 15) is 4.39 Å². The smallest absolute Gasteiger partial charge is 0.124 e. The zero-order valence-corrected chi connectivity index (χ0v) is 13.1. The summed E-state index contributed by atoms with van der Waals surface area (Å²) in [5, 5.41) is 4.07. The van der Waals surface area contributed by atoms with E-state index in [4.69, 9.17) is 11.6 Å². The molecule has 0 saturated carbocycles. The molecule has 1 N–H and O–H groups in total. The minimum Gasteiger partial charge on any atom is -0.310 e. The monoisotopic (exact) mass is 309 g/mol. The lowest BCUT2D eigenvalue weighted by Crippen LogP contribution is -2.21. The van der Waals surface area contributed by atoms with Crippen LogP contribution >= 0.6 is 23.4 Å². The van der Waals surface area contributed by atoms with Crippen molar-refractivity contribution in [1.29, 1.82) is 0 Å². The lowest BCUT2D eigenvalue weighted by atomic mass is 10.2. The van der Waals surface area contributed by atoms with Gasteiger partial charge in [0.25, 0.3) is 0 Å². The fraction of sp³-hybridized carbons (Fsp3) is 0.250. The van der Waals surface area contributed by atoms with Crippen LogP contribution < -0.4 is 5.32 Å². The second-order valence-electron chi connectivity index (χ2n) is 4.85. The van der Waals surface area contributed by atoms with E-state index in [0.717, 1.165) is 26.9 Å². The van der Waals surface area contributed by atoms with E-state index in [2.05, 4.69) is 19.2 Å². The van der Waals surface area contributed by atoms with E-state index in [1.165, 1.54) is 23.9 Å². The standard InChI is InChI=1S/C16H17ClFNS/c1-11(2)19-10-12-6-7-15(9-16(12)17)20-14-5-3-4-13(18)8-14/h3-9,11,19H,10H2,1-2H3. The van der Waals surface area contributed by atoms with Gasteiger partial charge in [-0.1, -0.05) is 49.3 Å². The lowest BCUT2D eigenvalue weighted by molar-refractivity contribution is 0.589. The van der Waals surface area contributed by atoms with Crippen LogP contribution in [0, 0.1) is 5.82 Å². The summed E-state index contributed by atoms with van der Waals surface area (Å²) in [5.41, 5.74) is 1.07. The molecule has 0 fully saturated rings. The van der Waals surface area contributed by atoms with Gasteiger partial charge in [0.2, 0.25) is 0 Å². The minimum absolute atomic E-state index is 0.223. The molecule has 1 nitrogen and oxygen atoms in total. The molecule has 0 bridgehead atoms. The lowest BCUT2D eigenvalue weighted by Gasteiger charge is -2.10. The van der Waals surface area contributed by atoms with Crippen molar-refractivity contribution in [3.8, 4) is 0 Å². The molecule has 0 radical (unpaired) electrons. The van der Waals surface area contributed by atoms with Crippen molar-refractivity contribution < 1.29 is 4.39 Å². The highest BCUT2D eigenvalue weighted by Gasteiger charge is 2.05. The fourth-order valence-electron chi connectivity index (χ4n) is 1.72. The fourth-order valence-corrected chi connectivity index (χ4v) is 2.93. The average Bonchev–Trinajstić information content (AvgIpc) is 2.37. The summed E-state index contributed by atoms with van der Waals surface area (Å²) in [4.78, 5) is 1.88. The predicted molar refractivity (Wildman–Crippen MR) is 84.0 cm³/mol. The second kappa shape index (κ2) is 7.11. The Labute approximate surface area is 128 Å². The third-order valence-electron chi connectivity index (χ3n) is 2.76. The van der Waals surface area contributed by atoms with Crippen LogP contribution in [0.5, 0.6) is 0 Å². The van der Waals surface area contributed by atoms with Gasteiger partial charge in [0, 0.05) is 27.4 Å². The number of nitrogens with one attached hydrogen (secondary N) is 1. The maximum Gasteiger partial charge on any atom is 0.124 e. The SMILES string of the molecule is CC(C)NCc1ccc(Sc2cccc(F)c2)cc1Cl. The van der Waals surface area contributed by atoms with Crippen molar-refractivity contribution in [1.82, 2.24) is 5.32 Å². The Kier molecular flexibility index (Phi) is 5.46.